The molecule has 0 radical (unpaired) electrons. The highest BCUT2D eigenvalue weighted by Crippen LogP contribution is 2.46. The molecule has 1 N–H and O–H groups in total. The maximum atomic E-state index is 13.2. The van der Waals surface area contributed by atoms with Crippen molar-refractivity contribution in [3.8, 4) is 5.75 Å². The van der Waals surface area contributed by atoms with Gasteiger partial charge in [-0.05, 0) is 55.6 Å². The van der Waals surface area contributed by atoms with E-state index in [1.165, 1.54) is 4.90 Å². The Morgan fingerprint density at radius 2 is 2.00 bits per heavy atom. The number of carbonyl (C=O) groups is 2. The van der Waals surface area contributed by atoms with Gasteiger partial charge in [-0.25, -0.2) is 0 Å². The fourth-order valence-corrected chi connectivity index (χ4v) is 4.16. The number of fused-ring (bicyclic) bond motifs is 2. The first-order chi connectivity index (χ1) is 11.5. The molecule has 5 heteroatoms. The van der Waals surface area contributed by atoms with E-state index in [4.69, 9.17) is 0 Å². The Hall–Kier alpha value is -1.88. The number of likely N-dealkylation sites (tertiary alicyclic amines) is 1. The maximum absolute atomic E-state index is 13.2. The summed E-state index contributed by atoms with van der Waals surface area (Å²) in [6.45, 7) is 7.16. The lowest BCUT2D eigenvalue weighted by Gasteiger charge is -2.33. The van der Waals surface area contributed by atoms with Crippen molar-refractivity contribution >= 4 is 11.8 Å². The normalized spacial score (nSPS) is 23.4. The number of aromatic hydroxyl groups is 1. The Balaban J connectivity index is 1.88. The van der Waals surface area contributed by atoms with Crippen LogP contribution < -0.4 is 0 Å². The van der Waals surface area contributed by atoms with Crippen LogP contribution >= 0.6 is 0 Å². The van der Waals surface area contributed by atoms with Crippen LogP contribution in [0.2, 0.25) is 0 Å². The number of nitrogens with zero attached hydrogens (tertiary/aromatic N) is 2. The average Bonchev–Trinajstić information content (AvgIpc) is 2.81. The van der Waals surface area contributed by atoms with Crippen LogP contribution in [0, 0.1) is 0 Å². The molecule has 2 aliphatic rings. The smallest absolute Gasteiger partial charge is 0.240 e. The van der Waals surface area contributed by atoms with Crippen LogP contribution in [0.3, 0.4) is 0 Å². The number of hydrogen-bond donors (Lipinski definition) is 1. The number of likely N-dealkylation sites (N-methyl/N-ethyl adjacent to an activating group) is 1. The zero-order valence-electron chi connectivity index (χ0n) is 14.5. The molecule has 130 valence electrons. The molecular weight excluding hydrogens is 304 g/mol. The second-order valence-electron chi connectivity index (χ2n) is 6.83. The van der Waals surface area contributed by atoms with E-state index in [9.17, 15) is 14.7 Å². The molecule has 1 unspecified atom stereocenters. The number of rotatable bonds is 5. The van der Waals surface area contributed by atoms with E-state index in [1.807, 2.05) is 6.07 Å². The third kappa shape index (κ3) is 2.71. The van der Waals surface area contributed by atoms with Crippen LogP contribution in [0.25, 0.3) is 0 Å². The van der Waals surface area contributed by atoms with Gasteiger partial charge in [0.25, 0.3) is 0 Å². The first-order valence-electron chi connectivity index (χ1n) is 8.91. The number of carbonyl (C=O) groups excluding carboxylic acids is 2. The highest BCUT2D eigenvalue weighted by Gasteiger charge is 2.53. The monoisotopic (exact) mass is 330 g/mol. The largest absolute Gasteiger partial charge is 0.508 e. The summed E-state index contributed by atoms with van der Waals surface area (Å²) in [6.07, 6.45) is 2.73. The van der Waals surface area contributed by atoms with Gasteiger partial charge in [0.2, 0.25) is 11.8 Å². The van der Waals surface area contributed by atoms with Gasteiger partial charge in [0.1, 0.15) is 5.75 Å². The summed E-state index contributed by atoms with van der Waals surface area (Å²) >= 11 is 0. The number of aryl methyl sites for hydroxylation is 1. The van der Waals surface area contributed by atoms with Crippen molar-refractivity contribution in [3.63, 3.8) is 0 Å². The van der Waals surface area contributed by atoms with Crippen LogP contribution in [-0.4, -0.2) is 52.9 Å². The number of benzene rings is 1. The van der Waals surface area contributed by atoms with Crippen LogP contribution in [0.4, 0.5) is 0 Å². The Bertz CT molecular complexity index is 654. The average molecular weight is 330 g/mol. The molecule has 24 heavy (non-hydrogen) atoms. The predicted molar refractivity (Wildman–Crippen MR) is 91.8 cm³/mol. The van der Waals surface area contributed by atoms with E-state index in [1.54, 1.807) is 12.1 Å². The summed E-state index contributed by atoms with van der Waals surface area (Å²) in [6, 6.07) is 5.24. The molecule has 0 aromatic heterocycles. The van der Waals surface area contributed by atoms with Crippen LogP contribution in [0.15, 0.2) is 18.2 Å². The summed E-state index contributed by atoms with van der Waals surface area (Å²) < 4.78 is 0. The Morgan fingerprint density at radius 1 is 1.25 bits per heavy atom. The van der Waals surface area contributed by atoms with E-state index in [2.05, 4.69) is 18.7 Å². The summed E-state index contributed by atoms with van der Waals surface area (Å²) in [4.78, 5) is 29.4. The molecule has 0 bridgehead atoms. The Labute approximate surface area is 143 Å². The van der Waals surface area contributed by atoms with Crippen LogP contribution in [-0.2, 0) is 21.4 Å². The first-order valence-corrected chi connectivity index (χ1v) is 8.91. The van der Waals surface area contributed by atoms with Gasteiger partial charge < -0.3 is 10.0 Å². The molecule has 1 fully saturated rings. The topological polar surface area (TPSA) is 60.9 Å². The summed E-state index contributed by atoms with van der Waals surface area (Å²) in [5.74, 6) is 0.00594. The summed E-state index contributed by atoms with van der Waals surface area (Å²) in [5, 5.41) is 9.87. The molecule has 1 heterocycles. The van der Waals surface area contributed by atoms with Gasteiger partial charge in [-0.1, -0.05) is 19.9 Å². The molecule has 1 aromatic carbocycles. The molecule has 1 spiro atoms. The molecule has 1 saturated heterocycles. The first kappa shape index (κ1) is 17.0. The van der Waals surface area contributed by atoms with E-state index in [-0.39, 0.29) is 24.0 Å². The van der Waals surface area contributed by atoms with Crippen molar-refractivity contribution in [1.82, 2.24) is 9.80 Å². The molecular formula is C19H26N2O3. The second-order valence-corrected chi connectivity index (χ2v) is 6.83. The lowest BCUT2D eigenvalue weighted by Crippen LogP contribution is -2.43. The minimum absolute atomic E-state index is 0.0776. The highest BCUT2D eigenvalue weighted by molar-refractivity contribution is 6.09. The van der Waals surface area contributed by atoms with Gasteiger partial charge in [0.05, 0.1) is 5.41 Å². The minimum Gasteiger partial charge on any atom is -0.508 e. The van der Waals surface area contributed by atoms with E-state index < -0.39 is 5.41 Å². The molecule has 1 aromatic rings. The van der Waals surface area contributed by atoms with Crippen molar-refractivity contribution < 1.29 is 14.7 Å². The minimum atomic E-state index is -0.757. The zero-order chi connectivity index (χ0) is 17.3. The van der Waals surface area contributed by atoms with Crippen molar-refractivity contribution in [2.75, 3.05) is 26.2 Å². The standard InChI is InChI=1S/C19H26N2O3/c1-3-20(4-2)10-11-21-17(23)13-19(18(21)24)9-5-6-14-7-8-15(22)12-16(14)19/h7-8,12,22H,3-6,9-11,13H2,1-2H3. The molecule has 2 amide bonds. The fourth-order valence-electron chi connectivity index (χ4n) is 4.16. The SMILES string of the molecule is CCN(CC)CCN1C(=O)CC2(CCCc3ccc(O)cc32)C1=O. The van der Waals surface area contributed by atoms with Gasteiger partial charge >= 0.3 is 0 Å². The zero-order valence-corrected chi connectivity index (χ0v) is 14.5. The van der Waals surface area contributed by atoms with Crippen LogP contribution in [0.1, 0.15) is 44.2 Å². The quantitative estimate of drug-likeness (QED) is 0.840. The Morgan fingerprint density at radius 3 is 2.71 bits per heavy atom. The van der Waals surface area contributed by atoms with E-state index in [0.717, 1.165) is 37.1 Å². The van der Waals surface area contributed by atoms with Crippen LogP contribution in [0.5, 0.6) is 5.75 Å². The van der Waals surface area contributed by atoms with Gasteiger partial charge in [-0.2, -0.15) is 0 Å². The van der Waals surface area contributed by atoms with Crippen molar-refractivity contribution in [3.05, 3.63) is 29.3 Å². The maximum Gasteiger partial charge on any atom is 0.240 e. The third-order valence-corrected chi connectivity index (χ3v) is 5.60. The number of phenolic OH excluding ortho intramolecular Hbond substituents is 1. The summed E-state index contributed by atoms with van der Waals surface area (Å²) in [5.41, 5.74) is 1.19. The fraction of sp³-hybridized carbons (Fsp3) is 0.579. The number of amides is 2. The number of hydrogen-bond acceptors (Lipinski definition) is 4. The lowest BCUT2D eigenvalue weighted by atomic mass is 9.69. The Kier molecular flexibility index (Phi) is 4.63. The number of imide groups is 1. The second kappa shape index (κ2) is 6.55. The van der Waals surface area contributed by atoms with E-state index in [0.29, 0.717) is 19.5 Å². The van der Waals surface area contributed by atoms with Gasteiger partial charge in [-0.3, -0.25) is 14.5 Å². The lowest BCUT2D eigenvalue weighted by molar-refractivity contribution is -0.140. The molecule has 3 rings (SSSR count). The molecule has 1 atom stereocenters. The van der Waals surface area contributed by atoms with E-state index >= 15 is 0 Å². The highest BCUT2D eigenvalue weighted by atomic mass is 16.3. The van der Waals surface area contributed by atoms with Gasteiger partial charge in [0.15, 0.2) is 0 Å². The number of phenols is 1. The van der Waals surface area contributed by atoms with Crippen molar-refractivity contribution in [1.29, 1.82) is 0 Å². The molecule has 5 nitrogen and oxygen atoms in total. The third-order valence-electron chi connectivity index (χ3n) is 5.60. The van der Waals surface area contributed by atoms with Gasteiger partial charge in [-0.15, -0.1) is 0 Å². The summed E-state index contributed by atoms with van der Waals surface area (Å²) in [7, 11) is 0. The van der Waals surface area contributed by atoms with Gasteiger partial charge in [0, 0.05) is 19.5 Å². The molecule has 1 aliphatic heterocycles. The predicted octanol–water partition coefficient (Wildman–Crippen LogP) is 2.07. The van der Waals surface area contributed by atoms with Crippen molar-refractivity contribution in [2.24, 2.45) is 0 Å². The molecule has 1 aliphatic carbocycles. The van der Waals surface area contributed by atoms with Crippen molar-refractivity contribution in [2.45, 2.75) is 44.9 Å². The molecule has 0 saturated carbocycles.